The molecule has 1 fully saturated rings. The summed E-state index contributed by atoms with van der Waals surface area (Å²) < 4.78 is 5.08. The van der Waals surface area contributed by atoms with Gasteiger partial charge in [-0.25, -0.2) is 4.79 Å². The predicted molar refractivity (Wildman–Crippen MR) is 81.2 cm³/mol. The maximum Gasteiger partial charge on any atom is 0.321 e. The van der Waals surface area contributed by atoms with E-state index in [1.54, 1.807) is 7.11 Å². The first-order valence-electron chi connectivity index (χ1n) is 7.68. The molecule has 0 aliphatic carbocycles. The third-order valence-electron chi connectivity index (χ3n) is 3.41. The third-order valence-corrected chi connectivity index (χ3v) is 3.41. The second-order valence-corrected chi connectivity index (χ2v) is 5.33. The first-order chi connectivity index (χ1) is 10.2. The zero-order valence-corrected chi connectivity index (χ0v) is 13.1. The molecular formula is C14H28N4O3. The summed E-state index contributed by atoms with van der Waals surface area (Å²) in [5.41, 5.74) is 0. The number of urea groups is 1. The van der Waals surface area contributed by atoms with Crippen molar-refractivity contribution in [3.63, 3.8) is 0 Å². The number of carbonyl (C=O) groups is 2. The quantitative estimate of drug-likeness (QED) is 0.555. The van der Waals surface area contributed by atoms with E-state index in [9.17, 15) is 9.59 Å². The van der Waals surface area contributed by atoms with Gasteiger partial charge >= 0.3 is 6.03 Å². The lowest BCUT2D eigenvalue weighted by Crippen LogP contribution is -2.47. The van der Waals surface area contributed by atoms with Crippen LogP contribution in [0.4, 0.5) is 4.79 Å². The van der Waals surface area contributed by atoms with Crippen LogP contribution in [0.3, 0.4) is 0 Å². The lowest BCUT2D eigenvalue weighted by atomic mass is 10.2. The van der Waals surface area contributed by atoms with Crippen LogP contribution in [-0.2, 0) is 9.53 Å². The molecule has 1 atom stereocenters. The minimum atomic E-state index is -0.424. The summed E-state index contributed by atoms with van der Waals surface area (Å²) in [6.07, 6.45) is 3.14. The molecule has 1 unspecified atom stereocenters. The van der Waals surface area contributed by atoms with Crippen molar-refractivity contribution in [1.29, 1.82) is 0 Å². The number of imide groups is 1. The standard InChI is InChI=1S/C14H28N4O3/c1-3-6-16-14(20)17-13(19)11-18(8-9-21-2)10-12-5-4-7-15-12/h12,15H,3-11H2,1-2H3,(H2,16,17,19,20). The molecule has 3 N–H and O–H groups in total. The van der Waals surface area contributed by atoms with Crippen molar-refractivity contribution in [1.82, 2.24) is 20.9 Å². The van der Waals surface area contributed by atoms with Gasteiger partial charge in [-0.05, 0) is 25.8 Å². The molecule has 1 aliphatic rings. The van der Waals surface area contributed by atoms with Crippen molar-refractivity contribution in [2.24, 2.45) is 0 Å². The Morgan fingerprint density at radius 2 is 2.24 bits per heavy atom. The molecule has 1 saturated heterocycles. The van der Waals surface area contributed by atoms with E-state index < -0.39 is 6.03 Å². The number of nitrogens with zero attached hydrogens (tertiary/aromatic N) is 1. The Hall–Kier alpha value is -1.18. The monoisotopic (exact) mass is 300 g/mol. The third kappa shape index (κ3) is 7.99. The van der Waals surface area contributed by atoms with E-state index in [2.05, 4.69) is 16.0 Å². The molecule has 21 heavy (non-hydrogen) atoms. The van der Waals surface area contributed by atoms with Crippen molar-refractivity contribution >= 4 is 11.9 Å². The van der Waals surface area contributed by atoms with E-state index in [4.69, 9.17) is 4.74 Å². The summed E-state index contributed by atoms with van der Waals surface area (Å²) in [7, 11) is 1.64. The van der Waals surface area contributed by atoms with Crippen molar-refractivity contribution < 1.29 is 14.3 Å². The highest BCUT2D eigenvalue weighted by Gasteiger charge is 2.20. The van der Waals surface area contributed by atoms with Crippen LogP contribution in [0.15, 0.2) is 0 Å². The van der Waals surface area contributed by atoms with Gasteiger partial charge in [0.25, 0.3) is 0 Å². The van der Waals surface area contributed by atoms with Gasteiger partial charge in [0.15, 0.2) is 0 Å². The van der Waals surface area contributed by atoms with Crippen molar-refractivity contribution in [3.8, 4) is 0 Å². The number of methoxy groups -OCH3 is 1. The highest BCUT2D eigenvalue weighted by atomic mass is 16.5. The number of carbonyl (C=O) groups excluding carboxylic acids is 2. The van der Waals surface area contributed by atoms with Crippen LogP contribution < -0.4 is 16.0 Å². The molecule has 7 nitrogen and oxygen atoms in total. The molecule has 0 aromatic heterocycles. The molecule has 0 saturated carbocycles. The summed E-state index contributed by atoms with van der Waals surface area (Å²) in [4.78, 5) is 25.4. The topological polar surface area (TPSA) is 82.7 Å². The highest BCUT2D eigenvalue weighted by molar-refractivity contribution is 5.95. The number of hydrogen-bond donors (Lipinski definition) is 3. The number of amides is 3. The first-order valence-corrected chi connectivity index (χ1v) is 7.68. The molecule has 0 bridgehead atoms. The predicted octanol–water partition coefficient (Wildman–Crippen LogP) is -0.0774. The van der Waals surface area contributed by atoms with Crippen molar-refractivity contribution in [3.05, 3.63) is 0 Å². The average molecular weight is 300 g/mol. The second-order valence-electron chi connectivity index (χ2n) is 5.33. The average Bonchev–Trinajstić information content (AvgIpc) is 2.95. The Kier molecular flexibility index (Phi) is 8.96. The fourth-order valence-electron chi connectivity index (χ4n) is 2.33. The molecule has 7 heteroatoms. The fourth-order valence-corrected chi connectivity index (χ4v) is 2.33. The molecule has 1 rings (SSSR count). The largest absolute Gasteiger partial charge is 0.383 e. The van der Waals surface area contributed by atoms with Crippen LogP contribution in [0.1, 0.15) is 26.2 Å². The fraction of sp³-hybridized carbons (Fsp3) is 0.857. The van der Waals surface area contributed by atoms with Crippen LogP contribution in [0, 0.1) is 0 Å². The van der Waals surface area contributed by atoms with Gasteiger partial charge in [-0.3, -0.25) is 15.0 Å². The maximum atomic E-state index is 11.9. The number of hydrogen-bond acceptors (Lipinski definition) is 5. The number of nitrogens with one attached hydrogen (secondary N) is 3. The normalized spacial score (nSPS) is 18.0. The number of rotatable bonds is 9. The molecular weight excluding hydrogens is 272 g/mol. The molecule has 1 heterocycles. The Morgan fingerprint density at radius 3 is 2.86 bits per heavy atom. The van der Waals surface area contributed by atoms with Gasteiger partial charge in [0, 0.05) is 32.8 Å². The van der Waals surface area contributed by atoms with Crippen LogP contribution >= 0.6 is 0 Å². The van der Waals surface area contributed by atoms with Crippen LogP contribution in [0.2, 0.25) is 0 Å². The first kappa shape index (κ1) is 17.9. The lowest BCUT2D eigenvalue weighted by Gasteiger charge is -2.24. The van der Waals surface area contributed by atoms with Gasteiger partial charge in [0.2, 0.25) is 5.91 Å². The molecule has 0 spiro atoms. The van der Waals surface area contributed by atoms with E-state index in [1.165, 1.54) is 6.42 Å². The van der Waals surface area contributed by atoms with Gasteiger partial charge in [-0.15, -0.1) is 0 Å². The molecule has 0 aromatic rings. The summed E-state index contributed by atoms with van der Waals surface area (Å²) >= 11 is 0. The summed E-state index contributed by atoms with van der Waals surface area (Å²) in [6, 6.07) is -0.00360. The SMILES string of the molecule is CCCNC(=O)NC(=O)CN(CCOC)CC1CCCN1. The molecule has 3 amide bonds. The van der Waals surface area contributed by atoms with Crippen LogP contribution in [0.5, 0.6) is 0 Å². The smallest absolute Gasteiger partial charge is 0.321 e. The zero-order chi connectivity index (χ0) is 15.5. The molecule has 0 radical (unpaired) electrons. The minimum absolute atomic E-state index is 0.209. The van der Waals surface area contributed by atoms with E-state index >= 15 is 0 Å². The van der Waals surface area contributed by atoms with Gasteiger partial charge in [-0.1, -0.05) is 6.92 Å². The van der Waals surface area contributed by atoms with Gasteiger partial charge < -0.3 is 15.4 Å². The summed E-state index contributed by atoms with van der Waals surface area (Å²) in [6.45, 7) is 5.82. The van der Waals surface area contributed by atoms with Gasteiger partial charge in [-0.2, -0.15) is 0 Å². The van der Waals surface area contributed by atoms with E-state index in [1.807, 2.05) is 11.8 Å². The second kappa shape index (κ2) is 10.5. The van der Waals surface area contributed by atoms with Gasteiger partial charge in [0.05, 0.1) is 13.2 Å². The number of ether oxygens (including phenoxy) is 1. The summed E-state index contributed by atoms with van der Waals surface area (Å²) in [5, 5.41) is 8.39. The summed E-state index contributed by atoms with van der Waals surface area (Å²) in [5.74, 6) is -0.280. The Morgan fingerprint density at radius 1 is 1.43 bits per heavy atom. The van der Waals surface area contributed by atoms with Crippen LogP contribution in [0.25, 0.3) is 0 Å². The van der Waals surface area contributed by atoms with Gasteiger partial charge in [0.1, 0.15) is 0 Å². The van der Waals surface area contributed by atoms with E-state index in [0.29, 0.717) is 25.7 Å². The Balaban J connectivity index is 2.35. The highest BCUT2D eigenvalue weighted by Crippen LogP contribution is 2.06. The van der Waals surface area contributed by atoms with Crippen molar-refractivity contribution in [2.75, 3.05) is 46.4 Å². The molecule has 0 aromatic carbocycles. The lowest BCUT2D eigenvalue weighted by molar-refractivity contribution is -0.121. The zero-order valence-electron chi connectivity index (χ0n) is 13.1. The van der Waals surface area contributed by atoms with Crippen molar-refractivity contribution in [2.45, 2.75) is 32.2 Å². The molecule has 1 aliphatic heterocycles. The van der Waals surface area contributed by atoms with E-state index in [0.717, 1.165) is 25.9 Å². The van der Waals surface area contributed by atoms with Crippen LogP contribution in [-0.4, -0.2) is 69.3 Å². The Labute approximate surface area is 126 Å². The molecule has 122 valence electrons. The minimum Gasteiger partial charge on any atom is -0.383 e. The Bertz CT molecular complexity index is 319. The van der Waals surface area contributed by atoms with E-state index in [-0.39, 0.29) is 12.5 Å². The maximum absolute atomic E-state index is 11.9.